The van der Waals surface area contributed by atoms with E-state index in [9.17, 15) is 9.59 Å². The van der Waals surface area contributed by atoms with Crippen LogP contribution in [0.1, 0.15) is 22.3 Å². The predicted molar refractivity (Wildman–Crippen MR) is 133 cm³/mol. The SMILES string of the molecule is O=C1C(c2ccccc2)=C(N2CCc3ccccc3C2)C(=O)N1CCc1c[nH]c2ccccc12. The van der Waals surface area contributed by atoms with Gasteiger partial charge in [-0.05, 0) is 41.2 Å². The highest BCUT2D eigenvalue weighted by Gasteiger charge is 2.41. The molecular weight excluding hydrogens is 422 g/mol. The number of para-hydroxylation sites is 1. The first-order valence-corrected chi connectivity index (χ1v) is 11.7. The van der Waals surface area contributed by atoms with Crippen LogP contribution >= 0.6 is 0 Å². The van der Waals surface area contributed by atoms with E-state index in [0.29, 0.717) is 30.8 Å². The van der Waals surface area contributed by atoms with Gasteiger partial charge in [-0.15, -0.1) is 0 Å². The van der Waals surface area contributed by atoms with Crippen molar-refractivity contribution in [3.05, 3.63) is 113 Å². The van der Waals surface area contributed by atoms with E-state index in [2.05, 4.69) is 34.1 Å². The average Bonchev–Trinajstić information content (AvgIpc) is 3.41. The summed E-state index contributed by atoms with van der Waals surface area (Å²) in [4.78, 5) is 34.2. The molecule has 2 amide bonds. The van der Waals surface area contributed by atoms with Gasteiger partial charge >= 0.3 is 0 Å². The molecule has 3 aromatic carbocycles. The summed E-state index contributed by atoms with van der Waals surface area (Å²) in [5.41, 5.74) is 6.54. The van der Waals surface area contributed by atoms with Crippen molar-refractivity contribution >= 4 is 28.3 Å². The fourth-order valence-electron chi connectivity index (χ4n) is 5.18. The lowest BCUT2D eigenvalue weighted by Gasteiger charge is -2.31. The summed E-state index contributed by atoms with van der Waals surface area (Å²) in [6.45, 7) is 1.71. The molecule has 5 heteroatoms. The number of amides is 2. The third kappa shape index (κ3) is 3.41. The standard InChI is InChI=1S/C29H25N3O2/c33-28-26(21-9-2-1-3-10-21)27(31-16-14-20-8-4-5-11-23(20)19-31)29(34)32(28)17-15-22-18-30-25-13-7-6-12-24(22)25/h1-13,18,30H,14-17,19H2. The van der Waals surface area contributed by atoms with Gasteiger partial charge in [-0.2, -0.15) is 0 Å². The van der Waals surface area contributed by atoms with Crippen LogP contribution in [0.5, 0.6) is 0 Å². The smallest absolute Gasteiger partial charge is 0.277 e. The van der Waals surface area contributed by atoms with Gasteiger partial charge in [0.2, 0.25) is 0 Å². The third-order valence-corrected chi connectivity index (χ3v) is 6.93. The maximum absolute atomic E-state index is 13.7. The van der Waals surface area contributed by atoms with Crippen LogP contribution in [0.15, 0.2) is 90.8 Å². The maximum atomic E-state index is 13.7. The number of H-pyrrole nitrogens is 1. The van der Waals surface area contributed by atoms with Crippen LogP contribution < -0.4 is 0 Å². The molecule has 0 fully saturated rings. The summed E-state index contributed by atoms with van der Waals surface area (Å²) in [5.74, 6) is -0.395. The van der Waals surface area contributed by atoms with Crippen LogP contribution in [0.4, 0.5) is 0 Å². The Morgan fingerprint density at radius 3 is 2.38 bits per heavy atom. The second-order valence-corrected chi connectivity index (χ2v) is 8.90. The zero-order chi connectivity index (χ0) is 23.1. The van der Waals surface area contributed by atoms with E-state index in [1.807, 2.05) is 60.8 Å². The molecule has 0 spiro atoms. The Morgan fingerprint density at radius 1 is 0.794 bits per heavy atom. The summed E-state index contributed by atoms with van der Waals surface area (Å²) in [6, 6.07) is 26.0. The summed E-state index contributed by atoms with van der Waals surface area (Å²) in [5, 5.41) is 1.13. The van der Waals surface area contributed by atoms with E-state index >= 15 is 0 Å². The van der Waals surface area contributed by atoms with Gasteiger partial charge in [0.25, 0.3) is 11.8 Å². The molecule has 0 unspecified atom stereocenters. The summed E-state index contributed by atoms with van der Waals surface area (Å²) in [6.07, 6.45) is 3.45. The number of rotatable bonds is 5. The molecule has 5 nitrogen and oxygen atoms in total. The van der Waals surface area contributed by atoms with Crippen molar-refractivity contribution in [1.82, 2.24) is 14.8 Å². The van der Waals surface area contributed by atoms with Gasteiger partial charge < -0.3 is 9.88 Å². The first kappa shape index (κ1) is 20.5. The van der Waals surface area contributed by atoms with Gasteiger partial charge in [-0.1, -0.05) is 72.8 Å². The molecule has 2 aliphatic rings. The average molecular weight is 448 g/mol. The molecule has 3 heterocycles. The predicted octanol–water partition coefficient (Wildman–Crippen LogP) is 4.55. The number of nitrogens with one attached hydrogen (secondary N) is 1. The molecule has 0 atom stereocenters. The highest BCUT2D eigenvalue weighted by Crippen LogP contribution is 2.34. The number of carbonyl (C=O) groups excluding carboxylic acids is 2. The topological polar surface area (TPSA) is 56.4 Å². The van der Waals surface area contributed by atoms with E-state index in [-0.39, 0.29) is 11.8 Å². The molecule has 6 rings (SSSR count). The monoisotopic (exact) mass is 447 g/mol. The fraction of sp³-hybridized carbons (Fsp3) is 0.172. The number of carbonyl (C=O) groups is 2. The zero-order valence-electron chi connectivity index (χ0n) is 18.8. The minimum atomic E-state index is -0.204. The van der Waals surface area contributed by atoms with Crippen molar-refractivity contribution in [1.29, 1.82) is 0 Å². The summed E-state index contributed by atoms with van der Waals surface area (Å²) < 4.78 is 0. The Bertz CT molecular complexity index is 1430. The van der Waals surface area contributed by atoms with Crippen molar-refractivity contribution in [2.75, 3.05) is 13.1 Å². The number of hydrogen-bond acceptors (Lipinski definition) is 3. The molecular formula is C29H25N3O2. The van der Waals surface area contributed by atoms with Crippen LogP contribution in [0.3, 0.4) is 0 Å². The Morgan fingerprint density at radius 2 is 1.53 bits per heavy atom. The molecule has 2 aliphatic heterocycles. The van der Waals surface area contributed by atoms with Crippen LogP contribution in [-0.2, 0) is 29.0 Å². The van der Waals surface area contributed by atoms with E-state index in [1.54, 1.807) is 0 Å². The normalized spacial score (nSPS) is 16.0. The molecule has 4 aromatic rings. The minimum Gasteiger partial charge on any atom is -0.362 e. The van der Waals surface area contributed by atoms with Crippen molar-refractivity contribution in [2.24, 2.45) is 0 Å². The second-order valence-electron chi connectivity index (χ2n) is 8.90. The molecule has 0 bridgehead atoms. The van der Waals surface area contributed by atoms with Crippen molar-refractivity contribution < 1.29 is 9.59 Å². The zero-order valence-corrected chi connectivity index (χ0v) is 18.8. The lowest BCUT2D eigenvalue weighted by Crippen LogP contribution is -2.38. The lowest BCUT2D eigenvalue weighted by atomic mass is 9.98. The van der Waals surface area contributed by atoms with Crippen LogP contribution in [0.25, 0.3) is 16.5 Å². The van der Waals surface area contributed by atoms with Crippen molar-refractivity contribution in [3.63, 3.8) is 0 Å². The summed E-state index contributed by atoms with van der Waals surface area (Å²) >= 11 is 0. The molecule has 1 aromatic heterocycles. The van der Waals surface area contributed by atoms with Gasteiger partial charge in [0.1, 0.15) is 5.70 Å². The van der Waals surface area contributed by atoms with Gasteiger partial charge in [-0.3, -0.25) is 14.5 Å². The Labute approximate surface area is 198 Å². The number of benzene rings is 3. The fourth-order valence-corrected chi connectivity index (χ4v) is 5.18. The lowest BCUT2D eigenvalue weighted by molar-refractivity contribution is -0.137. The maximum Gasteiger partial charge on any atom is 0.277 e. The number of aromatic nitrogens is 1. The van der Waals surface area contributed by atoms with Gasteiger partial charge in [-0.25, -0.2) is 0 Å². The van der Waals surface area contributed by atoms with E-state index in [0.717, 1.165) is 35.0 Å². The van der Waals surface area contributed by atoms with Crippen LogP contribution in [0, 0.1) is 0 Å². The number of fused-ring (bicyclic) bond motifs is 2. The quantitative estimate of drug-likeness (QED) is 0.457. The van der Waals surface area contributed by atoms with Gasteiger partial charge in [0.15, 0.2) is 0 Å². The van der Waals surface area contributed by atoms with Gasteiger partial charge in [0, 0.05) is 36.7 Å². The largest absolute Gasteiger partial charge is 0.362 e. The van der Waals surface area contributed by atoms with E-state index in [4.69, 9.17) is 0 Å². The minimum absolute atomic E-state index is 0.192. The van der Waals surface area contributed by atoms with E-state index < -0.39 is 0 Å². The highest BCUT2D eigenvalue weighted by atomic mass is 16.2. The number of aromatic amines is 1. The molecule has 0 radical (unpaired) electrons. The first-order chi connectivity index (χ1) is 16.7. The number of nitrogens with zero attached hydrogens (tertiary/aromatic N) is 2. The molecule has 168 valence electrons. The number of hydrogen-bond donors (Lipinski definition) is 1. The Balaban J connectivity index is 1.33. The van der Waals surface area contributed by atoms with Crippen LogP contribution in [-0.4, -0.2) is 39.7 Å². The molecule has 1 N–H and O–H groups in total. The third-order valence-electron chi connectivity index (χ3n) is 6.93. The second kappa shape index (κ2) is 8.34. The van der Waals surface area contributed by atoms with Gasteiger partial charge in [0.05, 0.1) is 5.57 Å². The number of imide groups is 1. The molecule has 0 aliphatic carbocycles. The first-order valence-electron chi connectivity index (χ1n) is 11.7. The Kier molecular flexibility index (Phi) is 5.02. The highest BCUT2D eigenvalue weighted by molar-refractivity contribution is 6.35. The molecule has 0 saturated heterocycles. The van der Waals surface area contributed by atoms with E-state index in [1.165, 1.54) is 16.0 Å². The van der Waals surface area contributed by atoms with Crippen LogP contribution in [0.2, 0.25) is 0 Å². The Hall–Kier alpha value is -4.12. The van der Waals surface area contributed by atoms with Crippen molar-refractivity contribution in [2.45, 2.75) is 19.4 Å². The molecule has 0 saturated carbocycles. The molecule has 34 heavy (non-hydrogen) atoms. The summed E-state index contributed by atoms with van der Waals surface area (Å²) in [7, 11) is 0. The van der Waals surface area contributed by atoms with Crippen molar-refractivity contribution in [3.8, 4) is 0 Å².